The lowest BCUT2D eigenvalue weighted by atomic mass is 10.2. The Morgan fingerprint density at radius 2 is 2.18 bits per heavy atom. The number of carbonyl (C=O) groups is 1. The molecule has 0 unspecified atom stereocenters. The fourth-order valence-corrected chi connectivity index (χ4v) is 1.05. The van der Waals surface area contributed by atoms with Crippen LogP contribution >= 0.6 is 11.8 Å². The maximum Gasteiger partial charge on any atom is 0.185 e. The molecule has 0 atom stereocenters. The molecule has 0 bridgehead atoms. The molecule has 0 heterocycles. The van der Waals surface area contributed by atoms with Crippen LogP contribution in [0.15, 0.2) is 0 Å². The summed E-state index contributed by atoms with van der Waals surface area (Å²) in [6.45, 7) is 7.27. The van der Waals surface area contributed by atoms with Crippen molar-refractivity contribution >= 4 is 16.9 Å². The molecule has 0 N–H and O–H groups in total. The maximum absolute atomic E-state index is 10.4. The molecule has 3 heteroatoms. The minimum absolute atomic E-state index is 0.165. The quantitative estimate of drug-likeness (QED) is 0.599. The van der Waals surface area contributed by atoms with E-state index in [2.05, 4.69) is 13.8 Å². The Morgan fingerprint density at radius 3 is 2.64 bits per heavy atom. The van der Waals surface area contributed by atoms with Gasteiger partial charge in [0.2, 0.25) is 0 Å². The smallest absolute Gasteiger partial charge is 0.185 e. The summed E-state index contributed by atoms with van der Waals surface area (Å²) in [7, 11) is 0. The van der Waals surface area contributed by atoms with Crippen LogP contribution in [0, 0.1) is 5.92 Å². The second-order valence-corrected chi connectivity index (χ2v) is 4.08. The predicted octanol–water partition coefficient (Wildman–Crippen LogP) is 1.94. The lowest BCUT2D eigenvalue weighted by molar-refractivity contribution is -0.109. The van der Waals surface area contributed by atoms with Crippen molar-refractivity contribution in [1.29, 1.82) is 0 Å². The average molecular weight is 176 g/mol. The minimum Gasteiger partial charge on any atom is -0.380 e. The van der Waals surface area contributed by atoms with Crippen molar-refractivity contribution in [2.45, 2.75) is 20.8 Å². The van der Waals surface area contributed by atoms with Gasteiger partial charge in [0.15, 0.2) is 5.12 Å². The van der Waals surface area contributed by atoms with Gasteiger partial charge in [0.1, 0.15) is 0 Å². The van der Waals surface area contributed by atoms with Gasteiger partial charge in [0.05, 0.1) is 6.61 Å². The van der Waals surface area contributed by atoms with Gasteiger partial charge in [-0.25, -0.2) is 0 Å². The van der Waals surface area contributed by atoms with Gasteiger partial charge in [0, 0.05) is 19.3 Å². The molecular formula is C8H16O2S. The first-order valence-corrected chi connectivity index (χ1v) is 4.82. The molecule has 0 saturated heterocycles. The van der Waals surface area contributed by atoms with E-state index in [9.17, 15) is 4.79 Å². The van der Waals surface area contributed by atoms with E-state index < -0.39 is 0 Å². The second kappa shape index (κ2) is 6.68. The van der Waals surface area contributed by atoms with Crippen LogP contribution in [0.4, 0.5) is 0 Å². The molecule has 0 aromatic heterocycles. The van der Waals surface area contributed by atoms with Crippen molar-refractivity contribution < 1.29 is 9.53 Å². The van der Waals surface area contributed by atoms with Crippen LogP contribution < -0.4 is 0 Å². The van der Waals surface area contributed by atoms with Crippen LogP contribution in [0.25, 0.3) is 0 Å². The summed E-state index contributed by atoms with van der Waals surface area (Å²) in [5.41, 5.74) is 0. The second-order valence-electron chi connectivity index (χ2n) is 2.81. The third-order valence-electron chi connectivity index (χ3n) is 0.984. The van der Waals surface area contributed by atoms with Gasteiger partial charge in [-0.15, -0.1) is 0 Å². The van der Waals surface area contributed by atoms with Gasteiger partial charge in [-0.2, -0.15) is 0 Å². The van der Waals surface area contributed by atoms with Crippen LogP contribution in [0.3, 0.4) is 0 Å². The molecule has 2 nitrogen and oxygen atoms in total. The maximum atomic E-state index is 10.4. The molecule has 0 aromatic carbocycles. The topological polar surface area (TPSA) is 26.3 Å². The SMILES string of the molecule is CC(=O)SCCOCC(C)C. The summed E-state index contributed by atoms with van der Waals surface area (Å²) in [4.78, 5) is 10.4. The third kappa shape index (κ3) is 9.98. The summed E-state index contributed by atoms with van der Waals surface area (Å²) >= 11 is 1.32. The van der Waals surface area contributed by atoms with Crippen molar-refractivity contribution in [2.75, 3.05) is 19.0 Å². The van der Waals surface area contributed by atoms with Crippen LogP contribution in [-0.4, -0.2) is 24.1 Å². The third-order valence-corrected chi connectivity index (χ3v) is 1.76. The summed E-state index contributed by atoms with van der Waals surface area (Å²) in [5, 5.41) is 0.165. The molecule has 0 aliphatic carbocycles. The number of hydrogen-bond donors (Lipinski definition) is 0. The van der Waals surface area contributed by atoms with E-state index in [1.165, 1.54) is 11.8 Å². The Hall–Kier alpha value is -0.0200. The zero-order valence-electron chi connectivity index (χ0n) is 7.42. The van der Waals surface area contributed by atoms with E-state index in [0.29, 0.717) is 12.5 Å². The van der Waals surface area contributed by atoms with Gasteiger partial charge in [0.25, 0.3) is 0 Å². The molecule has 0 saturated carbocycles. The summed E-state index contributed by atoms with van der Waals surface area (Å²) in [5.74, 6) is 1.36. The molecule has 0 radical (unpaired) electrons. The minimum atomic E-state index is 0.165. The summed E-state index contributed by atoms with van der Waals surface area (Å²) in [6.07, 6.45) is 0. The van der Waals surface area contributed by atoms with Crippen molar-refractivity contribution in [3.8, 4) is 0 Å². The lowest BCUT2D eigenvalue weighted by Gasteiger charge is -2.04. The van der Waals surface area contributed by atoms with E-state index in [1.807, 2.05) is 0 Å². The van der Waals surface area contributed by atoms with Gasteiger partial charge in [-0.05, 0) is 5.92 Å². The number of thioether (sulfide) groups is 1. The number of hydrogen-bond acceptors (Lipinski definition) is 3. The van der Waals surface area contributed by atoms with Crippen molar-refractivity contribution in [3.05, 3.63) is 0 Å². The lowest BCUT2D eigenvalue weighted by Crippen LogP contribution is -2.05. The van der Waals surface area contributed by atoms with Crippen LogP contribution in [0.1, 0.15) is 20.8 Å². The largest absolute Gasteiger partial charge is 0.380 e. The number of ether oxygens (including phenoxy) is 1. The summed E-state index contributed by atoms with van der Waals surface area (Å²) < 4.78 is 5.27. The van der Waals surface area contributed by atoms with E-state index in [4.69, 9.17) is 4.74 Å². The Labute approximate surface area is 72.7 Å². The Morgan fingerprint density at radius 1 is 1.55 bits per heavy atom. The Balaban J connectivity index is 2.97. The molecule has 0 amide bonds. The molecule has 0 aliphatic rings. The van der Waals surface area contributed by atoms with Crippen molar-refractivity contribution in [3.63, 3.8) is 0 Å². The van der Waals surface area contributed by atoms with Gasteiger partial charge >= 0.3 is 0 Å². The highest BCUT2D eigenvalue weighted by Crippen LogP contribution is 2.00. The molecular weight excluding hydrogens is 160 g/mol. The van der Waals surface area contributed by atoms with Crippen molar-refractivity contribution in [2.24, 2.45) is 5.92 Å². The fraction of sp³-hybridized carbons (Fsp3) is 0.875. The summed E-state index contributed by atoms with van der Waals surface area (Å²) in [6, 6.07) is 0. The molecule has 0 aliphatic heterocycles. The van der Waals surface area contributed by atoms with Crippen LogP contribution in [0.2, 0.25) is 0 Å². The normalized spacial score (nSPS) is 10.5. The highest BCUT2D eigenvalue weighted by molar-refractivity contribution is 8.13. The van der Waals surface area contributed by atoms with Gasteiger partial charge < -0.3 is 4.74 Å². The first-order valence-electron chi connectivity index (χ1n) is 3.84. The van der Waals surface area contributed by atoms with Gasteiger partial charge in [-0.1, -0.05) is 25.6 Å². The molecule has 0 spiro atoms. The zero-order valence-corrected chi connectivity index (χ0v) is 8.24. The fourth-order valence-electron chi connectivity index (χ4n) is 0.563. The Kier molecular flexibility index (Phi) is 6.66. The average Bonchev–Trinajstić information content (AvgIpc) is 1.85. The molecule has 0 fully saturated rings. The number of rotatable bonds is 5. The predicted molar refractivity (Wildman–Crippen MR) is 48.8 cm³/mol. The van der Waals surface area contributed by atoms with E-state index in [1.54, 1.807) is 6.92 Å². The van der Waals surface area contributed by atoms with Gasteiger partial charge in [-0.3, -0.25) is 4.79 Å². The molecule has 0 rings (SSSR count). The van der Waals surface area contributed by atoms with E-state index in [0.717, 1.165) is 12.4 Å². The zero-order chi connectivity index (χ0) is 8.69. The molecule has 0 aromatic rings. The monoisotopic (exact) mass is 176 g/mol. The standard InChI is InChI=1S/C8H16O2S/c1-7(2)6-10-4-5-11-8(3)9/h7H,4-6H2,1-3H3. The number of carbonyl (C=O) groups excluding carboxylic acids is 1. The highest BCUT2D eigenvalue weighted by Gasteiger charge is 1.95. The molecule has 66 valence electrons. The highest BCUT2D eigenvalue weighted by atomic mass is 32.2. The van der Waals surface area contributed by atoms with Crippen molar-refractivity contribution in [1.82, 2.24) is 0 Å². The van der Waals surface area contributed by atoms with E-state index in [-0.39, 0.29) is 5.12 Å². The Bertz CT molecular complexity index is 113. The first-order chi connectivity index (χ1) is 5.13. The van der Waals surface area contributed by atoms with Crippen LogP contribution in [0.5, 0.6) is 0 Å². The first kappa shape index (κ1) is 11.0. The molecule has 11 heavy (non-hydrogen) atoms. The van der Waals surface area contributed by atoms with E-state index >= 15 is 0 Å². The van der Waals surface area contributed by atoms with Crippen LogP contribution in [-0.2, 0) is 9.53 Å².